The second-order valence-electron chi connectivity index (χ2n) is 5.15. The summed E-state index contributed by atoms with van der Waals surface area (Å²) in [6, 6.07) is 6.44. The van der Waals surface area contributed by atoms with Crippen LogP contribution in [-0.4, -0.2) is 31.7 Å². The average Bonchev–Trinajstić information content (AvgIpc) is 3.21. The van der Waals surface area contributed by atoms with E-state index in [1.54, 1.807) is 6.07 Å². The lowest BCUT2D eigenvalue weighted by molar-refractivity contribution is -0.135. The first kappa shape index (κ1) is 12.6. The predicted molar refractivity (Wildman–Crippen MR) is 68.1 cm³/mol. The molecule has 1 aromatic rings. The fraction of sp³-hybridized carbons (Fsp3) is 0.500. The van der Waals surface area contributed by atoms with Crippen molar-refractivity contribution in [1.29, 1.82) is 0 Å². The van der Waals surface area contributed by atoms with Crippen LogP contribution in [0.2, 0.25) is 0 Å². The summed E-state index contributed by atoms with van der Waals surface area (Å²) in [7, 11) is 0. The highest BCUT2D eigenvalue weighted by molar-refractivity contribution is 5.82. The molecule has 1 saturated carbocycles. The number of hydrogen-bond donors (Lipinski definition) is 2. The van der Waals surface area contributed by atoms with E-state index >= 15 is 0 Å². The highest BCUT2D eigenvalue weighted by atomic mass is 19.1. The second-order valence-corrected chi connectivity index (χ2v) is 5.15. The monoisotopic (exact) mass is 264 g/mol. The highest BCUT2D eigenvalue weighted by Gasteiger charge is 2.46. The van der Waals surface area contributed by atoms with Crippen molar-refractivity contribution in [1.82, 2.24) is 10.6 Å². The Morgan fingerprint density at radius 3 is 2.95 bits per heavy atom. The van der Waals surface area contributed by atoms with Gasteiger partial charge in [0.1, 0.15) is 11.9 Å². The molecule has 0 bridgehead atoms. The zero-order valence-electron chi connectivity index (χ0n) is 10.6. The van der Waals surface area contributed by atoms with E-state index in [-0.39, 0.29) is 17.3 Å². The third kappa shape index (κ3) is 2.62. The molecule has 1 saturated heterocycles. The quantitative estimate of drug-likeness (QED) is 0.853. The molecule has 5 heteroatoms. The first-order valence-corrected chi connectivity index (χ1v) is 6.60. The van der Waals surface area contributed by atoms with Gasteiger partial charge in [0.05, 0.1) is 12.1 Å². The van der Waals surface area contributed by atoms with Crippen LogP contribution < -0.4 is 10.6 Å². The van der Waals surface area contributed by atoms with E-state index in [9.17, 15) is 9.18 Å². The fourth-order valence-electron chi connectivity index (χ4n) is 2.45. The van der Waals surface area contributed by atoms with Gasteiger partial charge in [0.2, 0.25) is 0 Å². The fourth-order valence-corrected chi connectivity index (χ4v) is 2.45. The van der Waals surface area contributed by atoms with E-state index in [0.717, 1.165) is 24.9 Å². The summed E-state index contributed by atoms with van der Waals surface area (Å²) in [5, 5.41) is 6.13. The Labute approximate surface area is 111 Å². The van der Waals surface area contributed by atoms with E-state index in [2.05, 4.69) is 10.6 Å². The summed E-state index contributed by atoms with van der Waals surface area (Å²) in [6.07, 6.45) is 1.25. The average molecular weight is 264 g/mol. The van der Waals surface area contributed by atoms with Crippen molar-refractivity contribution in [2.75, 3.05) is 19.7 Å². The van der Waals surface area contributed by atoms with Crippen LogP contribution in [0.4, 0.5) is 4.39 Å². The van der Waals surface area contributed by atoms with E-state index in [1.807, 2.05) is 6.07 Å². The molecule has 1 unspecified atom stereocenters. The minimum absolute atomic E-state index is 0.117. The van der Waals surface area contributed by atoms with Crippen molar-refractivity contribution in [2.45, 2.75) is 24.5 Å². The molecule has 2 fully saturated rings. The van der Waals surface area contributed by atoms with Crippen molar-refractivity contribution in [3.8, 4) is 0 Å². The van der Waals surface area contributed by atoms with E-state index < -0.39 is 6.10 Å². The molecule has 1 aromatic carbocycles. The van der Waals surface area contributed by atoms with Gasteiger partial charge in [-0.25, -0.2) is 4.39 Å². The van der Waals surface area contributed by atoms with E-state index in [1.165, 1.54) is 12.1 Å². The van der Waals surface area contributed by atoms with Gasteiger partial charge < -0.3 is 15.4 Å². The number of amides is 1. The van der Waals surface area contributed by atoms with Crippen LogP contribution in [0.1, 0.15) is 18.4 Å². The molecule has 19 heavy (non-hydrogen) atoms. The SMILES string of the molecule is O=C(NC1(c2cccc(F)c2)CC1)C1CNCCO1. The Bertz CT molecular complexity index is 482. The summed E-state index contributed by atoms with van der Waals surface area (Å²) in [4.78, 5) is 12.1. The van der Waals surface area contributed by atoms with Crippen molar-refractivity contribution >= 4 is 5.91 Å². The Morgan fingerprint density at radius 1 is 1.47 bits per heavy atom. The van der Waals surface area contributed by atoms with Crippen molar-refractivity contribution in [3.05, 3.63) is 35.6 Å². The van der Waals surface area contributed by atoms with E-state index in [0.29, 0.717) is 13.2 Å². The highest BCUT2D eigenvalue weighted by Crippen LogP contribution is 2.45. The summed E-state index contributed by atoms with van der Waals surface area (Å²) in [5.41, 5.74) is 0.449. The molecule has 3 rings (SSSR count). The van der Waals surface area contributed by atoms with Gasteiger partial charge in [-0.15, -0.1) is 0 Å². The normalized spacial score (nSPS) is 24.8. The van der Waals surface area contributed by atoms with Crippen molar-refractivity contribution in [2.24, 2.45) is 0 Å². The lowest BCUT2D eigenvalue weighted by Gasteiger charge is -2.26. The Hall–Kier alpha value is -1.46. The number of ether oxygens (including phenoxy) is 1. The maximum Gasteiger partial charge on any atom is 0.251 e. The van der Waals surface area contributed by atoms with E-state index in [4.69, 9.17) is 4.74 Å². The van der Waals surface area contributed by atoms with Gasteiger partial charge in [-0.3, -0.25) is 4.79 Å². The van der Waals surface area contributed by atoms with Gasteiger partial charge in [0.15, 0.2) is 0 Å². The van der Waals surface area contributed by atoms with Gasteiger partial charge in [-0.2, -0.15) is 0 Å². The Balaban J connectivity index is 1.70. The molecule has 1 amide bonds. The Kier molecular flexibility index (Phi) is 3.24. The molecule has 0 spiro atoms. The number of carbonyl (C=O) groups excluding carboxylic acids is 1. The van der Waals surface area contributed by atoms with Gasteiger partial charge in [0, 0.05) is 13.1 Å². The minimum Gasteiger partial charge on any atom is -0.366 e. The van der Waals surface area contributed by atoms with Gasteiger partial charge in [-0.05, 0) is 30.5 Å². The van der Waals surface area contributed by atoms with Crippen LogP contribution >= 0.6 is 0 Å². The molecule has 1 aliphatic carbocycles. The lowest BCUT2D eigenvalue weighted by Crippen LogP contribution is -2.50. The standard InChI is InChI=1S/C14H17FN2O2/c15-11-3-1-2-10(8-11)14(4-5-14)17-13(18)12-9-16-6-7-19-12/h1-3,8,12,16H,4-7,9H2,(H,17,18). The van der Waals surface area contributed by atoms with Crippen molar-refractivity contribution < 1.29 is 13.9 Å². The van der Waals surface area contributed by atoms with Crippen molar-refractivity contribution in [3.63, 3.8) is 0 Å². The van der Waals surface area contributed by atoms with Crippen LogP contribution in [0.15, 0.2) is 24.3 Å². The van der Waals surface area contributed by atoms with Crippen LogP contribution in [-0.2, 0) is 15.1 Å². The second kappa shape index (κ2) is 4.90. The molecular weight excluding hydrogens is 247 g/mol. The molecular formula is C14H17FN2O2. The number of benzene rings is 1. The third-order valence-corrected chi connectivity index (χ3v) is 3.71. The summed E-state index contributed by atoms with van der Waals surface area (Å²) in [6.45, 7) is 1.86. The molecule has 0 aromatic heterocycles. The van der Waals surface area contributed by atoms with Gasteiger partial charge >= 0.3 is 0 Å². The molecule has 2 N–H and O–H groups in total. The van der Waals surface area contributed by atoms with Crippen LogP contribution in [0.5, 0.6) is 0 Å². The van der Waals surface area contributed by atoms with Gasteiger partial charge in [-0.1, -0.05) is 12.1 Å². The van der Waals surface area contributed by atoms with Gasteiger partial charge in [0.25, 0.3) is 5.91 Å². The number of carbonyl (C=O) groups is 1. The zero-order valence-corrected chi connectivity index (χ0v) is 10.6. The first-order valence-electron chi connectivity index (χ1n) is 6.60. The molecule has 1 aliphatic heterocycles. The Morgan fingerprint density at radius 2 is 2.32 bits per heavy atom. The first-order chi connectivity index (χ1) is 9.20. The largest absolute Gasteiger partial charge is 0.366 e. The van der Waals surface area contributed by atoms with Crippen LogP contribution in [0.3, 0.4) is 0 Å². The molecule has 4 nitrogen and oxygen atoms in total. The maximum atomic E-state index is 13.3. The summed E-state index contributed by atoms with van der Waals surface area (Å²) in [5.74, 6) is -0.387. The smallest absolute Gasteiger partial charge is 0.251 e. The molecule has 1 heterocycles. The molecule has 0 radical (unpaired) electrons. The van der Waals surface area contributed by atoms with Crippen LogP contribution in [0, 0.1) is 5.82 Å². The minimum atomic E-state index is -0.445. The predicted octanol–water partition coefficient (Wildman–Crippen LogP) is 0.919. The number of hydrogen-bond acceptors (Lipinski definition) is 3. The maximum absolute atomic E-state index is 13.3. The topological polar surface area (TPSA) is 50.4 Å². The number of morpholine rings is 1. The molecule has 1 atom stereocenters. The zero-order chi connectivity index (χ0) is 13.3. The number of nitrogens with one attached hydrogen (secondary N) is 2. The molecule has 2 aliphatic rings. The lowest BCUT2D eigenvalue weighted by atomic mass is 10.0. The van der Waals surface area contributed by atoms with Crippen LogP contribution in [0.25, 0.3) is 0 Å². The number of rotatable bonds is 3. The molecule has 102 valence electrons. The number of halogens is 1. The summed E-state index contributed by atoms with van der Waals surface area (Å²) < 4.78 is 18.7. The third-order valence-electron chi connectivity index (χ3n) is 3.71. The summed E-state index contributed by atoms with van der Waals surface area (Å²) >= 11 is 0.